The maximum absolute atomic E-state index is 5.19. The summed E-state index contributed by atoms with van der Waals surface area (Å²) in [5, 5.41) is 0. The highest BCUT2D eigenvalue weighted by Crippen LogP contribution is 2.14. The van der Waals surface area contributed by atoms with Gasteiger partial charge in [0.05, 0.1) is 7.11 Å². The third kappa shape index (κ3) is 2.83. The second-order valence-electron chi connectivity index (χ2n) is 3.67. The number of benzene rings is 1. The molecule has 0 N–H and O–H groups in total. The van der Waals surface area contributed by atoms with Gasteiger partial charge in [-0.25, -0.2) is 0 Å². The first kappa shape index (κ1) is 10.7. The molecule has 1 aromatic carbocycles. The van der Waals surface area contributed by atoms with Gasteiger partial charge in [0.25, 0.3) is 0 Å². The van der Waals surface area contributed by atoms with Crippen LogP contribution in [0.4, 0.5) is 0 Å². The molecule has 0 unspecified atom stereocenters. The van der Waals surface area contributed by atoms with Crippen LogP contribution in [0.3, 0.4) is 0 Å². The van der Waals surface area contributed by atoms with E-state index in [4.69, 9.17) is 4.74 Å². The lowest BCUT2D eigenvalue weighted by atomic mass is 10.1. The average molecular weight is 213 g/mol. The van der Waals surface area contributed by atoms with Crippen molar-refractivity contribution in [2.45, 2.75) is 12.8 Å². The van der Waals surface area contributed by atoms with Gasteiger partial charge in [0.1, 0.15) is 5.75 Å². The van der Waals surface area contributed by atoms with Gasteiger partial charge in [-0.15, -0.1) is 0 Å². The monoisotopic (exact) mass is 213 g/mol. The standard InChI is InChI=1S/C14H15NO/c1-16-14-7-4-5-12(11-14)8-9-13-6-2-3-10-15-13/h2-7,10-11H,8-9H2,1H3. The molecule has 0 aliphatic heterocycles. The minimum atomic E-state index is 0.915. The van der Waals surface area contributed by atoms with E-state index in [2.05, 4.69) is 23.2 Å². The summed E-state index contributed by atoms with van der Waals surface area (Å²) in [6, 6.07) is 14.2. The summed E-state index contributed by atoms with van der Waals surface area (Å²) in [5.74, 6) is 0.915. The SMILES string of the molecule is COc1cccc(CCc2ccccn2)c1. The van der Waals surface area contributed by atoms with Gasteiger partial charge in [0, 0.05) is 11.9 Å². The molecule has 0 bridgehead atoms. The maximum Gasteiger partial charge on any atom is 0.119 e. The predicted molar refractivity (Wildman–Crippen MR) is 64.6 cm³/mol. The van der Waals surface area contributed by atoms with Gasteiger partial charge in [-0.05, 0) is 42.7 Å². The van der Waals surface area contributed by atoms with E-state index in [-0.39, 0.29) is 0 Å². The highest BCUT2D eigenvalue weighted by Gasteiger charge is 1.98. The summed E-state index contributed by atoms with van der Waals surface area (Å²) in [6.45, 7) is 0. The molecule has 0 saturated heterocycles. The zero-order valence-corrected chi connectivity index (χ0v) is 9.39. The molecule has 0 aliphatic carbocycles. The van der Waals surface area contributed by atoms with Crippen LogP contribution in [0.5, 0.6) is 5.75 Å². The zero-order chi connectivity index (χ0) is 11.2. The fourth-order valence-corrected chi connectivity index (χ4v) is 1.65. The van der Waals surface area contributed by atoms with Crippen molar-refractivity contribution in [1.29, 1.82) is 0 Å². The van der Waals surface area contributed by atoms with E-state index in [0.717, 1.165) is 24.3 Å². The second kappa shape index (κ2) is 5.31. The molecular weight excluding hydrogens is 198 g/mol. The van der Waals surface area contributed by atoms with Gasteiger partial charge in [-0.1, -0.05) is 18.2 Å². The number of hydrogen-bond acceptors (Lipinski definition) is 2. The minimum Gasteiger partial charge on any atom is -0.497 e. The Morgan fingerprint density at radius 2 is 2.00 bits per heavy atom. The molecule has 2 aromatic rings. The third-order valence-electron chi connectivity index (χ3n) is 2.53. The molecule has 0 atom stereocenters. The molecular formula is C14H15NO. The first-order valence-corrected chi connectivity index (χ1v) is 5.41. The highest BCUT2D eigenvalue weighted by molar-refractivity contribution is 5.28. The van der Waals surface area contributed by atoms with E-state index in [9.17, 15) is 0 Å². The Morgan fingerprint density at radius 1 is 1.06 bits per heavy atom. The first-order valence-electron chi connectivity index (χ1n) is 5.41. The number of nitrogens with zero attached hydrogens (tertiary/aromatic N) is 1. The minimum absolute atomic E-state index is 0.915. The molecule has 82 valence electrons. The van der Waals surface area contributed by atoms with Crippen LogP contribution in [0, 0.1) is 0 Å². The molecule has 2 heteroatoms. The lowest BCUT2D eigenvalue weighted by Crippen LogP contribution is -1.94. The van der Waals surface area contributed by atoms with Crippen molar-refractivity contribution in [2.24, 2.45) is 0 Å². The maximum atomic E-state index is 5.19. The van der Waals surface area contributed by atoms with Gasteiger partial charge in [0.2, 0.25) is 0 Å². The molecule has 1 aromatic heterocycles. The van der Waals surface area contributed by atoms with Crippen LogP contribution in [0.25, 0.3) is 0 Å². The third-order valence-corrected chi connectivity index (χ3v) is 2.53. The van der Waals surface area contributed by atoms with Crippen molar-refractivity contribution >= 4 is 0 Å². The second-order valence-corrected chi connectivity index (χ2v) is 3.67. The Labute approximate surface area is 95.9 Å². The van der Waals surface area contributed by atoms with E-state index in [1.165, 1.54) is 5.56 Å². The lowest BCUT2D eigenvalue weighted by Gasteiger charge is -2.04. The number of ether oxygens (including phenoxy) is 1. The summed E-state index contributed by atoms with van der Waals surface area (Å²) in [6.07, 6.45) is 3.79. The average Bonchev–Trinajstić information content (AvgIpc) is 2.38. The summed E-state index contributed by atoms with van der Waals surface area (Å²) in [5.41, 5.74) is 2.41. The fourth-order valence-electron chi connectivity index (χ4n) is 1.65. The molecule has 16 heavy (non-hydrogen) atoms. The van der Waals surface area contributed by atoms with E-state index in [0.29, 0.717) is 0 Å². The van der Waals surface area contributed by atoms with Gasteiger partial charge >= 0.3 is 0 Å². The van der Waals surface area contributed by atoms with E-state index in [1.54, 1.807) is 7.11 Å². The summed E-state index contributed by atoms with van der Waals surface area (Å²) >= 11 is 0. The molecule has 2 nitrogen and oxygen atoms in total. The smallest absolute Gasteiger partial charge is 0.119 e. The fraction of sp³-hybridized carbons (Fsp3) is 0.214. The lowest BCUT2D eigenvalue weighted by molar-refractivity contribution is 0.414. The Balaban J connectivity index is 1.99. The largest absolute Gasteiger partial charge is 0.497 e. The van der Waals surface area contributed by atoms with Crippen molar-refractivity contribution in [1.82, 2.24) is 4.98 Å². The molecule has 0 saturated carbocycles. The molecule has 2 rings (SSSR count). The zero-order valence-electron chi connectivity index (χ0n) is 9.39. The van der Waals surface area contributed by atoms with E-state index < -0.39 is 0 Å². The van der Waals surface area contributed by atoms with Crippen molar-refractivity contribution in [3.05, 3.63) is 59.9 Å². The Hall–Kier alpha value is -1.83. The molecule has 0 radical (unpaired) electrons. The van der Waals surface area contributed by atoms with Crippen LogP contribution in [0.2, 0.25) is 0 Å². The summed E-state index contributed by atoms with van der Waals surface area (Å²) < 4.78 is 5.19. The normalized spacial score (nSPS) is 10.1. The molecule has 0 amide bonds. The van der Waals surface area contributed by atoms with Crippen LogP contribution in [-0.4, -0.2) is 12.1 Å². The molecule has 0 spiro atoms. The van der Waals surface area contributed by atoms with Crippen molar-refractivity contribution in [2.75, 3.05) is 7.11 Å². The van der Waals surface area contributed by atoms with Crippen molar-refractivity contribution in [3.63, 3.8) is 0 Å². The molecule has 0 aliphatic rings. The number of pyridine rings is 1. The predicted octanol–water partition coefficient (Wildman–Crippen LogP) is 2.88. The van der Waals surface area contributed by atoms with Crippen LogP contribution >= 0.6 is 0 Å². The van der Waals surface area contributed by atoms with E-state index in [1.807, 2.05) is 30.5 Å². The number of methoxy groups -OCH3 is 1. The quantitative estimate of drug-likeness (QED) is 0.779. The van der Waals surface area contributed by atoms with Crippen LogP contribution in [0.15, 0.2) is 48.7 Å². The highest BCUT2D eigenvalue weighted by atomic mass is 16.5. The Bertz CT molecular complexity index is 439. The van der Waals surface area contributed by atoms with Crippen LogP contribution < -0.4 is 4.74 Å². The van der Waals surface area contributed by atoms with Crippen LogP contribution in [0.1, 0.15) is 11.3 Å². The molecule has 1 heterocycles. The summed E-state index contributed by atoms with van der Waals surface area (Å²) in [4.78, 5) is 4.31. The number of rotatable bonds is 4. The van der Waals surface area contributed by atoms with E-state index >= 15 is 0 Å². The summed E-state index contributed by atoms with van der Waals surface area (Å²) in [7, 11) is 1.69. The Kier molecular flexibility index (Phi) is 3.54. The Morgan fingerprint density at radius 3 is 2.75 bits per heavy atom. The number of aromatic nitrogens is 1. The van der Waals surface area contributed by atoms with Crippen molar-refractivity contribution < 1.29 is 4.74 Å². The van der Waals surface area contributed by atoms with Gasteiger partial charge in [0.15, 0.2) is 0 Å². The number of hydrogen-bond donors (Lipinski definition) is 0. The van der Waals surface area contributed by atoms with Gasteiger partial charge < -0.3 is 4.74 Å². The topological polar surface area (TPSA) is 22.1 Å². The number of aryl methyl sites for hydroxylation is 2. The van der Waals surface area contributed by atoms with Gasteiger partial charge in [-0.2, -0.15) is 0 Å². The van der Waals surface area contributed by atoms with Crippen molar-refractivity contribution in [3.8, 4) is 5.75 Å². The molecule has 0 fully saturated rings. The van der Waals surface area contributed by atoms with Crippen LogP contribution in [-0.2, 0) is 12.8 Å². The first-order chi connectivity index (χ1) is 7.88. The van der Waals surface area contributed by atoms with Gasteiger partial charge in [-0.3, -0.25) is 4.98 Å².